The van der Waals surface area contributed by atoms with Gasteiger partial charge in [-0.2, -0.15) is 0 Å². The van der Waals surface area contributed by atoms with E-state index in [1.165, 1.54) is 17.7 Å². The lowest BCUT2D eigenvalue weighted by Gasteiger charge is -2.47. The number of nitrogens with two attached hydrogens (primary N) is 1. The quantitative estimate of drug-likeness (QED) is 0.823. The normalized spacial score (nSPS) is 26.9. The van der Waals surface area contributed by atoms with Crippen LogP contribution in [0.1, 0.15) is 17.7 Å². The van der Waals surface area contributed by atoms with Crippen molar-refractivity contribution in [3.05, 3.63) is 22.4 Å². The second-order valence-corrected chi connectivity index (χ2v) is 5.48. The van der Waals surface area contributed by atoms with Gasteiger partial charge in [0.2, 0.25) is 0 Å². The highest BCUT2D eigenvalue weighted by atomic mass is 32.1. The van der Waals surface area contributed by atoms with Gasteiger partial charge in [-0.15, -0.1) is 11.3 Å². The molecule has 14 heavy (non-hydrogen) atoms. The molecule has 1 saturated carbocycles. The average Bonchev–Trinajstić information content (AvgIpc) is 2.72. The summed E-state index contributed by atoms with van der Waals surface area (Å²) in [4.78, 5) is 1.48. The van der Waals surface area contributed by atoms with Crippen molar-refractivity contribution in [2.24, 2.45) is 11.1 Å². The molecule has 1 saturated heterocycles. The number of thiophene rings is 1. The smallest absolute Gasteiger partial charge is 0.0599 e. The monoisotopic (exact) mass is 209 g/mol. The zero-order chi connectivity index (χ0) is 9.65. The van der Waals surface area contributed by atoms with E-state index < -0.39 is 0 Å². The van der Waals surface area contributed by atoms with E-state index in [0.29, 0.717) is 5.41 Å². The van der Waals surface area contributed by atoms with Gasteiger partial charge in [-0.1, -0.05) is 6.07 Å². The molecule has 2 nitrogen and oxygen atoms in total. The molecule has 76 valence electrons. The minimum Gasteiger partial charge on any atom is -0.379 e. The fourth-order valence-electron chi connectivity index (χ4n) is 2.60. The Morgan fingerprint density at radius 3 is 2.57 bits per heavy atom. The highest BCUT2D eigenvalue weighted by Crippen LogP contribution is 2.62. The third-order valence-electron chi connectivity index (χ3n) is 3.95. The number of hydrogen-bond acceptors (Lipinski definition) is 3. The van der Waals surface area contributed by atoms with Gasteiger partial charge < -0.3 is 10.5 Å². The fraction of sp³-hybridized carbons (Fsp3) is 0.636. The zero-order valence-electron chi connectivity index (χ0n) is 8.16. The van der Waals surface area contributed by atoms with Crippen LogP contribution in [0.25, 0.3) is 0 Å². The first-order valence-electron chi connectivity index (χ1n) is 5.15. The highest BCUT2D eigenvalue weighted by Gasteiger charge is 2.63. The second kappa shape index (κ2) is 2.81. The van der Waals surface area contributed by atoms with Gasteiger partial charge in [0.05, 0.1) is 18.6 Å². The van der Waals surface area contributed by atoms with Crippen LogP contribution in [0.3, 0.4) is 0 Å². The summed E-state index contributed by atoms with van der Waals surface area (Å²) in [6.07, 6.45) is 2.56. The van der Waals surface area contributed by atoms with Crippen molar-refractivity contribution in [3.8, 4) is 0 Å². The molecule has 2 fully saturated rings. The molecule has 0 bridgehead atoms. The summed E-state index contributed by atoms with van der Waals surface area (Å²) < 4.78 is 5.44. The molecule has 1 aliphatic carbocycles. The lowest BCUT2D eigenvalue weighted by molar-refractivity contribution is -0.0953. The largest absolute Gasteiger partial charge is 0.379 e. The summed E-state index contributed by atoms with van der Waals surface area (Å²) in [6.45, 7) is 2.57. The SMILES string of the molecule is NCC1(C2(c3cccs3)COC2)CC1. The molecule has 2 N–H and O–H groups in total. The summed E-state index contributed by atoms with van der Waals surface area (Å²) in [5.41, 5.74) is 6.56. The number of rotatable bonds is 3. The first kappa shape index (κ1) is 8.89. The van der Waals surface area contributed by atoms with E-state index in [0.717, 1.165) is 19.8 Å². The van der Waals surface area contributed by atoms with Crippen LogP contribution in [-0.4, -0.2) is 19.8 Å². The number of ether oxygens (including phenoxy) is 1. The van der Waals surface area contributed by atoms with Gasteiger partial charge in [0.25, 0.3) is 0 Å². The van der Waals surface area contributed by atoms with E-state index in [2.05, 4.69) is 17.5 Å². The Morgan fingerprint density at radius 1 is 1.43 bits per heavy atom. The summed E-state index contributed by atoms with van der Waals surface area (Å²) >= 11 is 1.85. The molecule has 0 spiro atoms. The average molecular weight is 209 g/mol. The van der Waals surface area contributed by atoms with Gasteiger partial charge in [0.1, 0.15) is 0 Å². The predicted molar refractivity (Wildman–Crippen MR) is 57.5 cm³/mol. The molecule has 2 heterocycles. The van der Waals surface area contributed by atoms with Crippen molar-refractivity contribution < 1.29 is 4.74 Å². The zero-order valence-corrected chi connectivity index (χ0v) is 8.98. The van der Waals surface area contributed by atoms with E-state index >= 15 is 0 Å². The van der Waals surface area contributed by atoms with E-state index in [9.17, 15) is 0 Å². The van der Waals surface area contributed by atoms with Crippen molar-refractivity contribution in [2.75, 3.05) is 19.8 Å². The van der Waals surface area contributed by atoms with Gasteiger partial charge in [-0.25, -0.2) is 0 Å². The van der Waals surface area contributed by atoms with Crippen molar-refractivity contribution in [3.63, 3.8) is 0 Å². The Bertz CT molecular complexity index is 325. The maximum absolute atomic E-state index is 5.92. The van der Waals surface area contributed by atoms with Crippen molar-refractivity contribution in [2.45, 2.75) is 18.3 Å². The van der Waals surface area contributed by atoms with Crippen LogP contribution in [0.15, 0.2) is 17.5 Å². The third kappa shape index (κ3) is 0.926. The standard InChI is InChI=1S/C11H15NOS/c12-6-10(3-4-10)11(7-13-8-11)9-2-1-5-14-9/h1-2,5H,3-4,6-8,12H2. The van der Waals surface area contributed by atoms with Crippen molar-refractivity contribution in [1.29, 1.82) is 0 Å². The summed E-state index contributed by atoms with van der Waals surface area (Å²) in [5, 5.41) is 2.15. The molecule has 1 aromatic rings. The van der Waals surface area contributed by atoms with Crippen LogP contribution >= 0.6 is 11.3 Å². The van der Waals surface area contributed by atoms with E-state index in [-0.39, 0.29) is 5.41 Å². The van der Waals surface area contributed by atoms with Crippen LogP contribution in [0.2, 0.25) is 0 Å². The highest BCUT2D eigenvalue weighted by molar-refractivity contribution is 7.10. The van der Waals surface area contributed by atoms with Gasteiger partial charge in [0, 0.05) is 4.88 Å². The molecule has 1 aromatic heterocycles. The molecule has 2 aliphatic rings. The molecule has 0 atom stereocenters. The molecule has 3 rings (SSSR count). The number of hydrogen-bond donors (Lipinski definition) is 1. The minimum absolute atomic E-state index is 0.274. The molecule has 0 radical (unpaired) electrons. The van der Waals surface area contributed by atoms with Crippen LogP contribution in [0.5, 0.6) is 0 Å². The van der Waals surface area contributed by atoms with E-state index in [1.807, 2.05) is 11.3 Å². The topological polar surface area (TPSA) is 35.2 Å². The molecular weight excluding hydrogens is 194 g/mol. The fourth-order valence-corrected chi connectivity index (χ4v) is 3.62. The van der Waals surface area contributed by atoms with Crippen molar-refractivity contribution in [1.82, 2.24) is 0 Å². The molecule has 3 heteroatoms. The Hall–Kier alpha value is -0.380. The van der Waals surface area contributed by atoms with E-state index in [4.69, 9.17) is 10.5 Å². The summed E-state index contributed by atoms with van der Waals surface area (Å²) in [6, 6.07) is 4.37. The molecule has 1 aliphatic heterocycles. The summed E-state index contributed by atoms with van der Waals surface area (Å²) in [7, 11) is 0. The van der Waals surface area contributed by atoms with Gasteiger partial charge in [0.15, 0.2) is 0 Å². The Balaban J connectivity index is 1.99. The maximum atomic E-state index is 5.92. The maximum Gasteiger partial charge on any atom is 0.0599 e. The third-order valence-corrected chi connectivity index (χ3v) is 5.02. The van der Waals surface area contributed by atoms with Crippen molar-refractivity contribution >= 4 is 11.3 Å². The van der Waals surface area contributed by atoms with Gasteiger partial charge in [-0.3, -0.25) is 0 Å². The minimum atomic E-state index is 0.274. The van der Waals surface area contributed by atoms with Crippen LogP contribution in [0, 0.1) is 5.41 Å². The Labute approximate surface area is 88.1 Å². The van der Waals surface area contributed by atoms with Crippen LogP contribution < -0.4 is 5.73 Å². The Morgan fingerprint density at radius 2 is 2.21 bits per heavy atom. The first-order valence-corrected chi connectivity index (χ1v) is 6.03. The lowest BCUT2D eigenvalue weighted by atomic mass is 9.69. The molecular formula is C11H15NOS. The molecule has 0 aromatic carbocycles. The molecule has 0 unspecified atom stereocenters. The van der Waals surface area contributed by atoms with Crippen LogP contribution in [0.4, 0.5) is 0 Å². The second-order valence-electron chi connectivity index (χ2n) is 4.54. The molecule has 0 amide bonds. The lowest BCUT2D eigenvalue weighted by Crippen LogP contribution is -2.55. The Kier molecular flexibility index (Phi) is 1.79. The summed E-state index contributed by atoms with van der Waals surface area (Å²) in [5.74, 6) is 0. The van der Waals surface area contributed by atoms with E-state index in [1.54, 1.807) is 0 Å². The van der Waals surface area contributed by atoms with Crippen LogP contribution in [-0.2, 0) is 10.2 Å². The first-order chi connectivity index (χ1) is 6.83. The van der Waals surface area contributed by atoms with Gasteiger partial charge in [-0.05, 0) is 36.2 Å². The van der Waals surface area contributed by atoms with Gasteiger partial charge >= 0.3 is 0 Å². The predicted octanol–water partition coefficient (Wildman–Crippen LogP) is 1.76.